The van der Waals surface area contributed by atoms with E-state index >= 15 is 0 Å². The number of nitrogens with zero attached hydrogens (tertiary/aromatic N) is 2. The molecule has 0 aromatic carbocycles. The molecule has 0 N–H and O–H groups in total. The van der Waals surface area contributed by atoms with Crippen molar-refractivity contribution in [3.8, 4) is 0 Å². The van der Waals surface area contributed by atoms with Gasteiger partial charge in [-0.25, -0.2) is 9.98 Å². The van der Waals surface area contributed by atoms with E-state index in [1.807, 2.05) is 0 Å². The van der Waals surface area contributed by atoms with Gasteiger partial charge in [0, 0.05) is 0 Å². The van der Waals surface area contributed by atoms with Crippen molar-refractivity contribution in [2.75, 3.05) is 13.2 Å². The van der Waals surface area contributed by atoms with Crippen LogP contribution in [0.25, 0.3) is 0 Å². The lowest BCUT2D eigenvalue weighted by atomic mass is 9.88. The Balaban J connectivity index is 2.08. The van der Waals surface area contributed by atoms with Crippen LogP contribution in [0.5, 0.6) is 0 Å². The summed E-state index contributed by atoms with van der Waals surface area (Å²) in [6.45, 7) is 16.5. The molecule has 2 rings (SSSR count). The predicted molar refractivity (Wildman–Crippen MR) is 82.4 cm³/mol. The van der Waals surface area contributed by atoms with E-state index in [1.165, 1.54) is 0 Å². The second-order valence-electron chi connectivity index (χ2n) is 8.04. The van der Waals surface area contributed by atoms with E-state index in [0.717, 1.165) is 11.8 Å². The standard InChI is InChI=1S/C16H28N2O2/c1-10(13-17-11(8-19-13)15(2,3)4)14-18-12(9-20-14)16(5,6)7/h10-12H,8-9H2,1-7H3. The number of hydrogen-bond donors (Lipinski definition) is 0. The van der Waals surface area contributed by atoms with E-state index in [1.54, 1.807) is 0 Å². The Morgan fingerprint density at radius 3 is 1.45 bits per heavy atom. The molecule has 0 fully saturated rings. The molecule has 114 valence electrons. The van der Waals surface area contributed by atoms with Gasteiger partial charge in [-0.05, 0) is 17.8 Å². The normalized spacial score (nSPS) is 28.6. The predicted octanol–water partition coefficient (Wildman–Crippen LogP) is 3.31. The van der Waals surface area contributed by atoms with E-state index in [9.17, 15) is 0 Å². The molecule has 0 aliphatic carbocycles. The van der Waals surface area contributed by atoms with Crippen LogP contribution in [-0.4, -0.2) is 37.1 Å². The summed E-state index contributed by atoms with van der Waals surface area (Å²) in [6, 6.07) is 0.445. The van der Waals surface area contributed by atoms with Gasteiger partial charge in [0.05, 0.1) is 12.1 Å². The van der Waals surface area contributed by atoms with Gasteiger partial charge in [0.15, 0.2) is 11.8 Å². The van der Waals surface area contributed by atoms with E-state index in [-0.39, 0.29) is 28.8 Å². The number of rotatable bonds is 2. The highest BCUT2D eigenvalue weighted by Gasteiger charge is 2.37. The quantitative estimate of drug-likeness (QED) is 0.779. The maximum Gasteiger partial charge on any atom is 0.196 e. The second-order valence-corrected chi connectivity index (χ2v) is 8.04. The van der Waals surface area contributed by atoms with Crippen molar-refractivity contribution < 1.29 is 9.47 Å². The van der Waals surface area contributed by atoms with Crippen molar-refractivity contribution in [3.63, 3.8) is 0 Å². The maximum atomic E-state index is 5.78. The van der Waals surface area contributed by atoms with Gasteiger partial charge >= 0.3 is 0 Å². The first-order chi connectivity index (χ1) is 9.09. The lowest BCUT2D eigenvalue weighted by Gasteiger charge is -2.22. The summed E-state index contributed by atoms with van der Waals surface area (Å²) in [5, 5.41) is 0. The summed E-state index contributed by atoms with van der Waals surface area (Å²) in [4.78, 5) is 9.45. The summed E-state index contributed by atoms with van der Waals surface area (Å²) in [6.07, 6.45) is 0. The van der Waals surface area contributed by atoms with E-state index in [0.29, 0.717) is 13.2 Å². The molecular formula is C16H28N2O2. The fourth-order valence-corrected chi connectivity index (χ4v) is 2.25. The van der Waals surface area contributed by atoms with Gasteiger partial charge in [-0.3, -0.25) is 0 Å². The fourth-order valence-electron chi connectivity index (χ4n) is 2.25. The van der Waals surface area contributed by atoms with Crippen LogP contribution in [0.15, 0.2) is 9.98 Å². The minimum atomic E-state index is 0.0229. The van der Waals surface area contributed by atoms with Gasteiger partial charge in [-0.1, -0.05) is 41.5 Å². The van der Waals surface area contributed by atoms with E-state index < -0.39 is 0 Å². The molecule has 0 spiro atoms. The summed E-state index contributed by atoms with van der Waals surface area (Å²) in [5.41, 5.74) is 0.265. The molecule has 0 radical (unpaired) electrons. The highest BCUT2D eigenvalue weighted by atomic mass is 16.5. The van der Waals surface area contributed by atoms with Crippen LogP contribution >= 0.6 is 0 Å². The number of hydrogen-bond acceptors (Lipinski definition) is 4. The van der Waals surface area contributed by atoms with Gasteiger partial charge in [-0.2, -0.15) is 0 Å². The molecule has 0 saturated carbocycles. The van der Waals surface area contributed by atoms with Crippen molar-refractivity contribution in [2.45, 2.75) is 60.5 Å². The Morgan fingerprint density at radius 1 is 0.850 bits per heavy atom. The third kappa shape index (κ3) is 3.15. The zero-order chi connectivity index (χ0) is 15.1. The van der Waals surface area contributed by atoms with Crippen molar-refractivity contribution in [2.24, 2.45) is 26.7 Å². The first-order valence-electron chi connectivity index (χ1n) is 7.50. The largest absolute Gasteiger partial charge is 0.478 e. The Hall–Kier alpha value is -1.06. The summed E-state index contributed by atoms with van der Waals surface area (Å²) in [5.74, 6) is 1.58. The van der Waals surface area contributed by atoms with Crippen LogP contribution in [-0.2, 0) is 9.47 Å². The van der Waals surface area contributed by atoms with Crippen LogP contribution in [0.4, 0.5) is 0 Å². The van der Waals surface area contributed by atoms with Gasteiger partial charge in [-0.15, -0.1) is 0 Å². The fraction of sp³-hybridized carbons (Fsp3) is 0.875. The lowest BCUT2D eigenvalue weighted by molar-refractivity contribution is 0.223. The van der Waals surface area contributed by atoms with Gasteiger partial charge < -0.3 is 9.47 Å². The molecular weight excluding hydrogens is 252 g/mol. The van der Waals surface area contributed by atoms with Crippen molar-refractivity contribution in [1.82, 2.24) is 0 Å². The smallest absolute Gasteiger partial charge is 0.196 e. The second kappa shape index (κ2) is 5.05. The molecule has 0 aromatic rings. The maximum absolute atomic E-state index is 5.78. The molecule has 2 aliphatic heterocycles. The monoisotopic (exact) mass is 280 g/mol. The molecule has 2 heterocycles. The first kappa shape index (κ1) is 15.3. The Labute approximate surface area is 122 Å². The number of aliphatic imine (C=N–C) groups is 2. The SMILES string of the molecule is CC(C1=NC(C(C)(C)C)CO1)C1=NC(C(C)(C)C)CO1. The van der Waals surface area contributed by atoms with E-state index in [4.69, 9.17) is 19.5 Å². The molecule has 2 atom stereocenters. The molecule has 0 amide bonds. The third-order valence-corrected chi connectivity index (χ3v) is 4.08. The molecule has 2 aliphatic rings. The minimum absolute atomic E-state index is 0.0229. The van der Waals surface area contributed by atoms with Crippen LogP contribution in [0.2, 0.25) is 0 Å². The summed E-state index contributed by atoms with van der Waals surface area (Å²) < 4.78 is 11.6. The molecule has 0 saturated heterocycles. The van der Waals surface area contributed by atoms with Crippen LogP contribution in [0, 0.1) is 16.7 Å². The van der Waals surface area contributed by atoms with Crippen LogP contribution < -0.4 is 0 Å². The average Bonchev–Trinajstić information content (AvgIpc) is 2.96. The van der Waals surface area contributed by atoms with Crippen molar-refractivity contribution in [1.29, 1.82) is 0 Å². The molecule has 20 heavy (non-hydrogen) atoms. The van der Waals surface area contributed by atoms with E-state index in [2.05, 4.69) is 48.5 Å². The molecule has 4 heteroatoms. The highest BCUT2D eigenvalue weighted by molar-refractivity contribution is 6.01. The minimum Gasteiger partial charge on any atom is -0.478 e. The molecule has 2 unspecified atom stereocenters. The topological polar surface area (TPSA) is 43.2 Å². The number of ether oxygens (including phenoxy) is 2. The zero-order valence-electron chi connectivity index (χ0n) is 13.9. The highest BCUT2D eigenvalue weighted by Crippen LogP contribution is 2.30. The Kier molecular flexibility index (Phi) is 3.87. The lowest BCUT2D eigenvalue weighted by Crippen LogP contribution is -2.25. The molecule has 0 bridgehead atoms. The van der Waals surface area contributed by atoms with Crippen LogP contribution in [0.1, 0.15) is 48.5 Å². The van der Waals surface area contributed by atoms with Gasteiger partial charge in [0.25, 0.3) is 0 Å². The average molecular weight is 280 g/mol. The first-order valence-corrected chi connectivity index (χ1v) is 7.50. The van der Waals surface area contributed by atoms with Crippen molar-refractivity contribution >= 4 is 11.8 Å². The summed E-state index contributed by atoms with van der Waals surface area (Å²) in [7, 11) is 0. The third-order valence-electron chi connectivity index (χ3n) is 4.08. The molecule has 0 aromatic heterocycles. The zero-order valence-corrected chi connectivity index (χ0v) is 13.9. The summed E-state index contributed by atoms with van der Waals surface area (Å²) >= 11 is 0. The van der Waals surface area contributed by atoms with Crippen molar-refractivity contribution in [3.05, 3.63) is 0 Å². The Bertz CT molecular complexity index is 387. The Morgan fingerprint density at radius 2 is 1.20 bits per heavy atom. The molecule has 4 nitrogen and oxygen atoms in total. The van der Waals surface area contributed by atoms with Crippen LogP contribution in [0.3, 0.4) is 0 Å². The van der Waals surface area contributed by atoms with Gasteiger partial charge in [0.1, 0.15) is 19.1 Å². The van der Waals surface area contributed by atoms with Gasteiger partial charge in [0.2, 0.25) is 0 Å².